The van der Waals surface area contributed by atoms with E-state index >= 15 is 0 Å². The minimum absolute atomic E-state index is 0.0925. The Kier molecular flexibility index (Phi) is 3.87. The van der Waals surface area contributed by atoms with Crippen molar-refractivity contribution in [1.29, 1.82) is 0 Å². The Morgan fingerprint density at radius 2 is 1.83 bits per heavy atom. The molecule has 98 valence electrons. The smallest absolute Gasteiger partial charge is 0.439 e. The molecule has 1 amide bonds. The second-order valence-electron chi connectivity index (χ2n) is 4.57. The van der Waals surface area contributed by atoms with Crippen molar-refractivity contribution in [2.75, 3.05) is 5.06 Å². The van der Waals surface area contributed by atoms with E-state index in [0.717, 1.165) is 0 Å². The van der Waals surface area contributed by atoms with E-state index < -0.39 is 16.6 Å². The summed E-state index contributed by atoms with van der Waals surface area (Å²) in [7, 11) is 0. The molecule has 7 nitrogen and oxygen atoms in total. The average molecular weight is 254 g/mol. The first-order valence-electron chi connectivity index (χ1n) is 5.17. The number of non-ortho nitro benzene ring substituents is 1. The SMILES string of the molecule is CC(C)(C)OC(=O)N(O)c1ccc([N+](=O)[O-])cc1. The van der Waals surface area contributed by atoms with Crippen LogP contribution in [-0.2, 0) is 4.74 Å². The maximum Gasteiger partial charge on any atom is 0.439 e. The summed E-state index contributed by atoms with van der Waals surface area (Å²) in [6.07, 6.45) is -0.948. The van der Waals surface area contributed by atoms with Gasteiger partial charge < -0.3 is 4.74 Å². The van der Waals surface area contributed by atoms with Crippen LogP contribution >= 0.6 is 0 Å². The maximum absolute atomic E-state index is 11.5. The third-order valence-corrected chi connectivity index (χ3v) is 1.87. The molecule has 0 radical (unpaired) electrons. The molecule has 0 atom stereocenters. The van der Waals surface area contributed by atoms with Gasteiger partial charge in [-0.25, -0.2) is 4.79 Å². The van der Waals surface area contributed by atoms with Crippen LogP contribution in [0.1, 0.15) is 20.8 Å². The largest absolute Gasteiger partial charge is 0.442 e. The highest BCUT2D eigenvalue weighted by molar-refractivity contribution is 5.85. The Bertz CT molecular complexity index is 449. The van der Waals surface area contributed by atoms with Gasteiger partial charge >= 0.3 is 6.09 Å². The summed E-state index contributed by atoms with van der Waals surface area (Å²) in [5.41, 5.74) is -0.773. The second kappa shape index (κ2) is 5.01. The first-order chi connectivity index (χ1) is 8.20. The fourth-order valence-electron chi connectivity index (χ4n) is 1.13. The van der Waals surface area contributed by atoms with E-state index in [-0.39, 0.29) is 11.4 Å². The third-order valence-electron chi connectivity index (χ3n) is 1.87. The van der Waals surface area contributed by atoms with E-state index in [1.165, 1.54) is 24.3 Å². The Labute approximate surface area is 104 Å². The monoisotopic (exact) mass is 254 g/mol. The molecule has 0 heterocycles. The molecule has 1 N–H and O–H groups in total. The van der Waals surface area contributed by atoms with Crippen molar-refractivity contribution in [3.63, 3.8) is 0 Å². The average Bonchev–Trinajstić information content (AvgIpc) is 2.26. The molecule has 18 heavy (non-hydrogen) atoms. The summed E-state index contributed by atoms with van der Waals surface area (Å²) >= 11 is 0. The molecule has 0 bridgehead atoms. The van der Waals surface area contributed by atoms with Crippen LogP contribution in [0.5, 0.6) is 0 Å². The zero-order valence-electron chi connectivity index (χ0n) is 10.3. The maximum atomic E-state index is 11.5. The van der Waals surface area contributed by atoms with E-state index in [9.17, 15) is 20.1 Å². The molecule has 7 heteroatoms. The van der Waals surface area contributed by atoms with Crippen molar-refractivity contribution in [3.05, 3.63) is 34.4 Å². The van der Waals surface area contributed by atoms with E-state index in [4.69, 9.17) is 4.74 Å². The van der Waals surface area contributed by atoms with E-state index in [1.54, 1.807) is 20.8 Å². The number of nitro benzene ring substituents is 1. The van der Waals surface area contributed by atoms with Crippen molar-refractivity contribution in [1.82, 2.24) is 0 Å². The summed E-state index contributed by atoms with van der Waals surface area (Å²) in [5, 5.41) is 20.3. The molecule has 1 aromatic rings. The predicted octanol–water partition coefficient (Wildman–Crippen LogP) is 2.73. The number of amides is 1. The second-order valence-corrected chi connectivity index (χ2v) is 4.57. The number of nitrogens with zero attached hydrogens (tertiary/aromatic N) is 2. The molecule has 0 aliphatic heterocycles. The van der Waals surface area contributed by atoms with Crippen LogP contribution in [0.4, 0.5) is 16.2 Å². The summed E-state index contributed by atoms with van der Waals surface area (Å²) in [4.78, 5) is 21.4. The fourth-order valence-corrected chi connectivity index (χ4v) is 1.13. The van der Waals surface area contributed by atoms with Crippen LogP contribution in [0, 0.1) is 10.1 Å². The lowest BCUT2D eigenvalue weighted by Gasteiger charge is -2.23. The van der Waals surface area contributed by atoms with E-state index in [0.29, 0.717) is 5.06 Å². The standard InChI is InChI=1S/C11H14N2O5/c1-11(2,3)18-10(14)12(15)8-4-6-9(7-5-8)13(16)17/h4-7,15H,1-3H3. The van der Waals surface area contributed by atoms with Crippen LogP contribution in [0.3, 0.4) is 0 Å². The van der Waals surface area contributed by atoms with Crippen LogP contribution in [0.2, 0.25) is 0 Å². The topological polar surface area (TPSA) is 92.9 Å². The minimum Gasteiger partial charge on any atom is -0.442 e. The minimum atomic E-state index is -0.948. The Morgan fingerprint density at radius 3 is 2.22 bits per heavy atom. The van der Waals surface area contributed by atoms with Crippen LogP contribution in [0.25, 0.3) is 0 Å². The van der Waals surface area contributed by atoms with Gasteiger partial charge in [0.1, 0.15) is 5.60 Å². The summed E-state index contributed by atoms with van der Waals surface area (Å²) in [5.74, 6) is 0. The summed E-state index contributed by atoms with van der Waals surface area (Å²) in [6.45, 7) is 4.98. The Morgan fingerprint density at radius 1 is 1.33 bits per heavy atom. The number of hydroxylamine groups is 1. The molecule has 1 rings (SSSR count). The molecule has 0 aliphatic rings. The molecule has 0 saturated carbocycles. The quantitative estimate of drug-likeness (QED) is 0.497. The zero-order valence-corrected chi connectivity index (χ0v) is 10.3. The van der Waals surface area contributed by atoms with Gasteiger partial charge in [-0.15, -0.1) is 0 Å². The number of benzene rings is 1. The molecular formula is C11H14N2O5. The highest BCUT2D eigenvalue weighted by Gasteiger charge is 2.22. The van der Waals surface area contributed by atoms with Crippen molar-refractivity contribution in [3.8, 4) is 0 Å². The molecule has 0 aromatic heterocycles. The van der Waals surface area contributed by atoms with Crippen molar-refractivity contribution >= 4 is 17.5 Å². The van der Waals surface area contributed by atoms with Crippen LogP contribution in [0.15, 0.2) is 24.3 Å². The van der Waals surface area contributed by atoms with Crippen molar-refractivity contribution < 1.29 is 19.7 Å². The molecule has 1 aromatic carbocycles. The number of carbonyl (C=O) groups is 1. The number of ether oxygens (including phenoxy) is 1. The van der Waals surface area contributed by atoms with Gasteiger partial charge in [0.25, 0.3) is 5.69 Å². The zero-order chi connectivity index (χ0) is 13.9. The molecule has 0 aliphatic carbocycles. The number of nitro groups is 1. The Balaban J connectivity index is 2.81. The highest BCUT2D eigenvalue weighted by atomic mass is 16.6. The van der Waals surface area contributed by atoms with Crippen molar-refractivity contribution in [2.45, 2.75) is 26.4 Å². The van der Waals surface area contributed by atoms with Gasteiger partial charge in [0.05, 0.1) is 10.6 Å². The summed E-state index contributed by atoms with van der Waals surface area (Å²) < 4.78 is 4.93. The lowest BCUT2D eigenvalue weighted by molar-refractivity contribution is -0.384. The molecule has 0 saturated heterocycles. The Hall–Kier alpha value is -2.15. The number of carbonyl (C=O) groups excluding carboxylic acids is 1. The first kappa shape index (κ1) is 13.9. The van der Waals surface area contributed by atoms with Crippen molar-refractivity contribution in [2.24, 2.45) is 0 Å². The molecule has 0 unspecified atom stereocenters. The molecular weight excluding hydrogens is 240 g/mol. The van der Waals surface area contributed by atoms with Gasteiger partial charge in [-0.05, 0) is 32.9 Å². The number of rotatable bonds is 2. The lowest BCUT2D eigenvalue weighted by Crippen LogP contribution is -2.34. The third kappa shape index (κ3) is 3.70. The van der Waals surface area contributed by atoms with E-state index in [2.05, 4.69) is 0 Å². The number of hydrogen-bond donors (Lipinski definition) is 1. The number of hydrogen-bond acceptors (Lipinski definition) is 5. The first-order valence-corrected chi connectivity index (χ1v) is 5.17. The highest BCUT2D eigenvalue weighted by Crippen LogP contribution is 2.20. The van der Waals surface area contributed by atoms with Gasteiger partial charge in [0.15, 0.2) is 0 Å². The predicted molar refractivity (Wildman–Crippen MR) is 63.6 cm³/mol. The normalized spacial score (nSPS) is 10.9. The summed E-state index contributed by atoms with van der Waals surface area (Å²) in [6, 6.07) is 4.87. The van der Waals surface area contributed by atoms with Gasteiger partial charge in [0.2, 0.25) is 0 Å². The van der Waals surface area contributed by atoms with Gasteiger partial charge in [-0.1, -0.05) is 0 Å². The number of anilines is 1. The van der Waals surface area contributed by atoms with E-state index in [1.807, 2.05) is 0 Å². The van der Waals surface area contributed by atoms with Crippen LogP contribution < -0.4 is 5.06 Å². The van der Waals surface area contributed by atoms with Gasteiger partial charge in [-0.3, -0.25) is 15.3 Å². The van der Waals surface area contributed by atoms with Gasteiger partial charge in [0, 0.05) is 12.1 Å². The molecule has 0 fully saturated rings. The van der Waals surface area contributed by atoms with Crippen LogP contribution in [-0.4, -0.2) is 21.8 Å². The fraction of sp³-hybridized carbons (Fsp3) is 0.364. The van der Waals surface area contributed by atoms with Gasteiger partial charge in [-0.2, -0.15) is 5.06 Å². The lowest BCUT2D eigenvalue weighted by atomic mass is 10.2. The molecule has 0 spiro atoms.